The van der Waals surface area contributed by atoms with Crippen molar-refractivity contribution in [1.82, 2.24) is 0 Å². The Morgan fingerprint density at radius 3 is 2.72 bits per heavy atom. The van der Waals surface area contributed by atoms with Crippen molar-refractivity contribution in [2.45, 2.75) is 11.8 Å². The third-order valence-electron chi connectivity index (χ3n) is 3.18. The number of amides is 1. The van der Waals surface area contributed by atoms with E-state index in [9.17, 15) is 9.59 Å². The van der Waals surface area contributed by atoms with Crippen LogP contribution in [0.1, 0.15) is 11.1 Å². The minimum atomic E-state index is -0.477. The Labute approximate surface area is 154 Å². The molecule has 0 bridgehead atoms. The monoisotopic (exact) mass is 374 g/mol. The summed E-state index contributed by atoms with van der Waals surface area (Å²) in [6.45, 7) is 1.58. The van der Waals surface area contributed by atoms with Crippen molar-refractivity contribution in [2.75, 3.05) is 17.7 Å². The van der Waals surface area contributed by atoms with Crippen LogP contribution < -0.4 is 5.32 Å². The number of carbonyl (C=O) groups excluding carboxylic acids is 2. The van der Waals surface area contributed by atoms with Crippen molar-refractivity contribution in [3.8, 4) is 6.07 Å². The molecule has 128 valence electrons. The number of carbonyl (C=O) groups is 2. The third kappa shape index (κ3) is 5.82. The summed E-state index contributed by atoms with van der Waals surface area (Å²) >= 11 is 7.25. The number of esters is 1. The first-order chi connectivity index (χ1) is 12.0. The second kappa shape index (κ2) is 9.11. The summed E-state index contributed by atoms with van der Waals surface area (Å²) in [7, 11) is 0. The summed E-state index contributed by atoms with van der Waals surface area (Å²) in [6.07, 6.45) is 0. The molecule has 1 N–H and O–H groups in total. The number of halogens is 1. The van der Waals surface area contributed by atoms with Gasteiger partial charge in [0.2, 0.25) is 0 Å². The van der Waals surface area contributed by atoms with Crippen molar-refractivity contribution in [2.24, 2.45) is 0 Å². The molecule has 1 amide bonds. The van der Waals surface area contributed by atoms with Crippen molar-refractivity contribution in [3.63, 3.8) is 0 Å². The lowest BCUT2D eigenvalue weighted by atomic mass is 10.2. The molecular weight excluding hydrogens is 360 g/mol. The number of hydrogen-bond acceptors (Lipinski definition) is 5. The van der Waals surface area contributed by atoms with Gasteiger partial charge in [-0.3, -0.25) is 9.59 Å². The molecule has 0 saturated carbocycles. The van der Waals surface area contributed by atoms with E-state index in [-0.39, 0.29) is 17.4 Å². The van der Waals surface area contributed by atoms with Crippen LogP contribution in [0.2, 0.25) is 5.02 Å². The van der Waals surface area contributed by atoms with Gasteiger partial charge in [0.1, 0.15) is 6.07 Å². The van der Waals surface area contributed by atoms with E-state index >= 15 is 0 Å². The zero-order chi connectivity index (χ0) is 18.2. The van der Waals surface area contributed by atoms with E-state index in [0.717, 1.165) is 10.5 Å². The highest BCUT2D eigenvalue weighted by atomic mass is 35.5. The fourth-order valence-corrected chi connectivity index (χ4v) is 2.97. The van der Waals surface area contributed by atoms with Gasteiger partial charge in [0, 0.05) is 10.6 Å². The van der Waals surface area contributed by atoms with Crippen LogP contribution in [0.25, 0.3) is 0 Å². The molecule has 2 aromatic carbocycles. The number of nitrogens with one attached hydrogen (secondary N) is 1. The van der Waals surface area contributed by atoms with Gasteiger partial charge in [-0.2, -0.15) is 5.26 Å². The molecule has 0 atom stereocenters. The summed E-state index contributed by atoms with van der Waals surface area (Å²) in [6, 6.07) is 14.2. The molecule has 0 aliphatic carbocycles. The van der Waals surface area contributed by atoms with Gasteiger partial charge < -0.3 is 10.1 Å². The molecule has 7 heteroatoms. The normalized spacial score (nSPS) is 9.96. The van der Waals surface area contributed by atoms with Gasteiger partial charge in [-0.05, 0) is 36.8 Å². The first-order valence-electron chi connectivity index (χ1n) is 7.33. The van der Waals surface area contributed by atoms with Crippen LogP contribution in [0, 0.1) is 18.3 Å². The van der Waals surface area contributed by atoms with Crippen molar-refractivity contribution < 1.29 is 14.3 Å². The highest BCUT2D eigenvalue weighted by Gasteiger charge is 2.10. The van der Waals surface area contributed by atoms with Gasteiger partial charge in [0.05, 0.1) is 16.3 Å². The maximum absolute atomic E-state index is 11.8. The number of aryl methyl sites for hydroxylation is 1. The summed E-state index contributed by atoms with van der Waals surface area (Å²) < 4.78 is 4.96. The zero-order valence-corrected chi connectivity index (χ0v) is 15.0. The average Bonchev–Trinajstić information content (AvgIpc) is 2.59. The van der Waals surface area contributed by atoms with E-state index < -0.39 is 11.9 Å². The summed E-state index contributed by atoms with van der Waals surface area (Å²) in [5.41, 5.74) is 1.83. The Bertz CT molecular complexity index is 833. The van der Waals surface area contributed by atoms with Gasteiger partial charge in [-0.25, -0.2) is 0 Å². The first kappa shape index (κ1) is 18.8. The van der Waals surface area contributed by atoms with E-state index in [1.807, 2.05) is 37.3 Å². The predicted molar refractivity (Wildman–Crippen MR) is 97.7 cm³/mol. The van der Waals surface area contributed by atoms with Crippen LogP contribution in [-0.2, 0) is 14.3 Å². The molecule has 0 unspecified atom stereocenters. The minimum absolute atomic E-state index is 0.126. The topological polar surface area (TPSA) is 79.2 Å². The highest BCUT2D eigenvalue weighted by Crippen LogP contribution is 2.22. The average molecular weight is 375 g/mol. The van der Waals surface area contributed by atoms with Crippen LogP contribution >= 0.6 is 23.4 Å². The van der Waals surface area contributed by atoms with E-state index in [1.165, 1.54) is 23.9 Å². The highest BCUT2D eigenvalue weighted by molar-refractivity contribution is 8.00. The molecule has 25 heavy (non-hydrogen) atoms. The smallest absolute Gasteiger partial charge is 0.316 e. The van der Waals surface area contributed by atoms with Gasteiger partial charge >= 0.3 is 5.97 Å². The summed E-state index contributed by atoms with van der Waals surface area (Å²) in [5, 5.41) is 11.6. The van der Waals surface area contributed by atoms with Crippen molar-refractivity contribution >= 4 is 40.9 Å². The zero-order valence-electron chi connectivity index (χ0n) is 13.4. The maximum atomic E-state index is 11.8. The molecular formula is C18H15ClN2O3S. The number of hydrogen-bond donors (Lipinski definition) is 1. The molecule has 0 heterocycles. The third-order valence-corrected chi connectivity index (χ3v) is 4.64. The molecule has 0 radical (unpaired) electrons. The minimum Gasteiger partial charge on any atom is -0.455 e. The number of thioether (sulfide) groups is 1. The molecule has 0 aliphatic rings. The fraction of sp³-hybridized carbons (Fsp3) is 0.167. The fourth-order valence-electron chi connectivity index (χ4n) is 1.92. The lowest BCUT2D eigenvalue weighted by molar-refractivity contribution is -0.144. The van der Waals surface area contributed by atoms with E-state index in [2.05, 4.69) is 5.32 Å². The van der Waals surface area contributed by atoms with Gasteiger partial charge in [-0.1, -0.05) is 29.8 Å². The van der Waals surface area contributed by atoms with Crippen LogP contribution in [0.5, 0.6) is 0 Å². The SMILES string of the molecule is Cc1ccccc1SCC(=O)OCC(=O)Nc1ccc(C#N)c(Cl)c1. The number of benzene rings is 2. The van der Waals surface area contributed by atoms with Crippen LogP contribution in [0.15, 0.2) is 47.4 Å². The molecule has 0 aliphatic heterocycles. The Morgan fingerprint density at radius 1 is 1.28 bits per heavy atom. The predicted octanol–water partition coefficient (Wildman–Crippen LogP) is 3.79. The van der Waals surface area contributed by atoms with Gasteiger partial charge in [0.15, 0.2) is 6.61 Å². The molecule has 5 nitrogen and oxygen atoms in total. The summed E-state index contributed by atoms with van der Waals surface area (Å²) in [5.74, 6) is -0.822. The second-order valence-electron chi connectivity index (χ2n) is 5.07. The van der Waals surface area contributed by atoms with E-state index in [0.29, 0.717) is 11.3 Å². The van der Waals surface area contributed by atoms with Crippen molar-refractivity contribution in [1.29, 1.82) is 5.26 Å². The second-order valence-corrected chi connectivity index (χ2v) is 6.49. The number of rotatable bonds is 6. The van der Waals surface area contributed by atoms with E-state index in [1.54, 1.807) is 6.07 Å². The molecule has 0 spiro atoms. The number of nitriles is 1. The van der Waals surface area contributed by atoms with Crippen LogP contribution in [0.4, 0.5) is 5.69 Å². The summed E-state index contributed by atoms with van der Waals surface area (Å²) in [4.78, 5) is 24.5. The number of ether oxygens (including phenoxy) is 1. The Kier molecular flexibility index (Phi) is 6.87. The van der Waals surface area contributed by atoms with Crippen molar-refractivity contribution in [3.05, 3.63) is 58.6 Å². The number of anilines is 1. The van der Waals surface area contributed by atoms with Gasteiger partial charge in [-0.15, -0.1) is 11.8 Å². The van der Waals surface area contributed by atoms with Gasteiger partial charge in [0.25, 0.3) is 5.91 Å². The number of nitrogens with zero attached hydrogens (tertiary/aromatic N) is 1. The first-order valence-corrected chi connectivity index (χ1v) is 8.69. The Balaban J connectivity index is 1.78. The lowest BCUT2D eigenvalue weighted by Gasteiger charge is -2.08. The Morgan fingerprint density at radius 2 is 2.04 bits per heavy atom. The largest absolute Gasteiger partial charge is 0.455 e. The lowest BCUT2D eigenvalue weighted by Crippen LogP contribution is -2.21. The van der Waals surface area contributed by atoms with Crippen LogP contribution in [0.3, 0.4) is 0 Å². The standard InChI is InChI=1S/C18H15ClN2O3S/c1-12-4-2-3-5-16(12)25-11-18(23)24-10-17(22)21-14-7-6-13(9-20)15(19)8-14/h2-8H,10-11H2,1H3,(H,21,22). The van der Waals surface area contributed by atoms with Crippen LogP contribution in [-0.4, -0.2) is 24.2 Å². The maximum Gasteiger partial charge on any atom is 0.316 e. The molecule has 0 saturated heterocycles. The Hall–Kier alpha value is -2.49. The molecule has 0 aromatic heterocycles. The molecule has 2 aromatic rings. The molecule has 0 fully saturated rings. The molecule has 2 rings (SSSR count). The quantitative estimate of drug-likeness (QED) is 0.614. The van der Waals surface area contributed by atoms with E-state index in [4.69, 9.17) is 21.6 Å².